The highest BCUT2D eigenvalue weighted by Crippen LogP contribution is 2.23. The average Bonchev–Trinajstić information content (AvgIpc) is 2.16. The molecule has 0 radical (unpaired) electrons. The fraction of sp³-hybridized carbons (Fsp3) is 0. The molecule has 2 aromatic carbocycles. The van der Waals surface area contributed by atoms with Gasteiger partial charge in [0.05, 0.1) is 4.90 Å². The molecule has 0 aliphatic rings. The summed E-state index contributed by atoms with van der Waals surface area (Å²) in [5.74, 6) is -0.383. The van der Waals surface area contributed by atoms with E-state index in [1.807, 2.05) is 0 Å². The molecule has 0 atom stereocenters. The van der Waals surface area contributed by atoms with Gasteiger partial charge in [0, 0.05) is 16.1 Å². The zero-order valence-electron chi connectivity index (χ0n) is 7.44. The highest BCUT2D eigenvalue weighted by molar-refractivity contribution is 8.13. The summed E-state index contributed by atoms with van der Waals surface area (Å²) in [4.78, 5) is -0.0257. The van der Waals surface area contributed by atoms with Crippen molar-refractivity contribution in [2.75, 3.05) is 0 Å². The number of benzene rings is 2. The summed E-state index contributed by atoms with van der Waals surface area (Å²) in [7, 11) is 1.42. The first-order valence-corrected chi connectivity index (χ1v) is 6.42. The second kappa shape index (κ2) is 3.47. The summed E-state index contributed by atoms with van der Waals surface area (Å²) in [6.07, 6.45) is 0. The summed E-state index contributed by atoms with van der Waals surface area (Å²) < 4.78 is 35.3. The molecule has 0 fully saturated rings. The van der Waals surface area contributed by atoms with Gasteiger partial charge in [-0.05, 0) is 23.6 Å². The molecule has 2 aromatic rings. The van der Waals surface area contributed by atoms with Crippen LogP contribution in [0.15, 0.2) is 41.3 Å². The molecule has 0 N–H and O–H groups in total. The Morgan fingerprint density at radius 1 is 1.13 bits per heavy atom. The first-order valence-electron chi connectivity index (χ1n) is 4.11. The Bertz CT molecular complexity index is 622. The first-order chi connectivity index (χ1) is 6.98. The molecule has 0 heterocycles. The highest BCUT2D eigenvalue weighted by Gasteiger charge is 2.10. The Kier molecular flexibility index (Phi) is 2.40. The molecular formula is C10H6ClFO2S. The molecular weight excluding hydrogens is 239 g/mol. The van der Waals surface area contributed by atoms with Crippen molar-refractivity contribution in [3.05, 3.63) is 42.2 Å². The minimum absolute atomic E-state index is 0.0257. The van der Waals surface area contributed by atoms with Gasteiger partial charge in [0.2, 0.25) is 0 Å². The van der Waals surface area contributed by atoms with Crippen LogP contribution in [0.2, 0.25) is 0 Å². The van der Waals surface area contributed by atoms with E-state index in [0.717, 1.165) is 0 Å². The Morgan fingerprint density at radius 3 is 2.53 bits per heavy atom. The van der Waals surface area contributed by atoms with Crippen LogP contribution in [0, 0.1) is 5.82 Å². The zero-order chi connectivity index (χ0) is 11.1. The third kappa shape index (κ3) is 1.96. The van der Waals surface area contributed by atoms with Crippen LogP contribution in [0.25, 0.3) is 10.8 Å². The van der Waals surface area contributed by atoms with Gasteiger partial charge in [-0.3, -0.25) is 0 Å². The molecule has 2 rings (SSSR count). The average molecular weight is 245 g/mol. The topological polar surface area (TPSA) is 34.1 Å². The van der Waals surface area contributed by atoms with E-state index >= 15 is 0 Å². The van der Waals surface area contributed by atoms with Crippen molar-refractivity contribution >= 4 is 30.5 Å². The summed E-state index contributed by atoms with van der Waals surface area (Å²) in [5.41, 5.74) is 0. The molecule has 0 bridgehead atoms. The lowest BCUT2D eigenvalue weighted by atomic mass is 10.1. The lowest BCUT2D eigenvalue weighted by Crippen LogP contribution is -1.90. The number of fused-ring (bicyclic) bond motifs is 1. The maximum Gasteiger partial charge on any atom is 0.261 e. The van der Waals surface area contributed by atoms with Gasteiger partial charge in [0.1, 0.15) is 5.82 Å². The third-order valence-electron chi connectivity index (χ3n) is 2.08. The van der Waals surface area contributed by atoms with Crippen LogP contribution in [0.3, 0.4) is 0 Å². The van der Waals surface area contributed by atoms with Crippen molar-refractivity contribution in [1.29, 1.82) is 0 Å². The predicted molar refractivity (Wildman–Crippen MR) is 56.9 cm³/mol. The van der Waals surface area contributed by atoms with Gasteiger partial charge in [-0.1, -0.05) is 18.2 Å². The van der Waals surface area contributed by atoms with Crippen molar-refractivity contribution in [3.63, 3.8) is 0 Å². The van der Waals surface area contributed by atoms with Gasteiger partial charge < -0.3 is 0 Å². The summed E-state index contributed by atoms with van der Waals surface area (Å²) in [6, 6.07) is 8.50. The standard InChI is InChI=1S/C10H6ClFO2S/c11-15(13,14)8-4-5-9-7(6-8)2-1-3-10(9)12/h1-6H. The molecule has 5 heteroatoms. The van der Waals surface area contributed by atoms with Crippen molar-refractivity contribution in [2.45, 2.75) is 4.90 Å². The summed E-state index contributed by atoms with van der Waals surface area (Å²) in [5, 5.41) is 0.887. The van der Waals surface area contributed by atoms with Crippen LogP contribution < -0.4 is 0 Å². The maximum absolute atomic E-state index is 13.2. The Hall–Kier alpha value is -1.13. The molecule has 0 saturated heterocycles. The number of rotatable bonds is 1. The van der Waals surface area contributed by atoms with Gasteiger partial charge in [0.25, 0.3) is 9.05 Å². The van der Waals surface area contributed by atoms with Crippen LogP contribution in [0.4, 0.5) is 4.39 Å². The van der Waals surface area contributed by atoms with Gasteiger partial charge in [-0.25, -0.2) is 12.8 Å². The molecule has 15 heavy (non-hydrogen) atoms. The van der Waals surface area contributed by atoms with Crippen molar-refractivity contribution < 1.29 is 12.8 Å². The van der Waals surface area contributed by atoms with E-state index in [4.69, 9.17) is 10.7 Å². The van der Waals surface area contributed by atoms with Crippen LogP contribution in [-0.4, -0.2) is 8.42 Å². The quantitative estimate of drug-likeness (QED) is 0.723. The third-order valence-corrected chi connectivity index (χ3v) is 3.43. The van der Waals surface area contributed by atoms with Gasteiger partial charge in [0.15, 0.2) is 0 Å². The van der Waals surface area contributed by atoms with Crippen LogP contribution >= 0.6 is 10.7 Å². The molecule has 78 valence electrons. The monoisotopic (exact) mass is 244 g/mol. The van der Waals surface area contributed by atoms with Crippen molar-refractivity contribution in [1.82, 2.24) is 0 Å². The van der Waals surface area contributed by atoms with Gasteiger partial charge >= 0.3 is 0 Å². The fourth-order valence-corrected chi connectivity index (χ4v) is 2.16. The molecule has 0 aliphatic carbocycles. The second-order valence-corrected chi connectivity index (χ2v) is 5.63. The largest absolute Gasteiger partial charge is 0.261 e. The zero-order valence-corrected chi connectivity index (χ0v) is 9.02. The second-order valence-electron chi connectivity index (χ2n) is 3.06. The summed E-state index contributed by atoms with van der Waals surface area (Å²) in [6.45, 7) is 0. The van der Waals surface area contributed by atoms with E-state index in [2.05, 4.69) is 0 Å². The Labute approximate surface area is 90.7 Å². The molecule has 0 unspecified atom stereocenters. The Balaban J connectivity index is 2.79. The van der Waals surface area contributed by atoms with Crippen molar-refractivity contribution in [3.8, 4) is 0 Å². The minimum Gasteiger partial charge on any atom is -0.207 e. The van der Waals surface area contributed by atoms with Gasteiger partial charge in [-0.2, -0.15) is 0 Å². The van der Waals surface area contributed by atoms with E-state index in [9.17, 15) is 12.8 Å². The van der Waals surface area contributed by atoms with E-state index < -0.39 is 9.05 Å². The van der Waals surface area contributed by atoms with Gasteiger partial charge in [-0.15, -0.1) is 0 Å². The lowest BCUT2D eigenvalue weighted by Gasteiger charge is -2.01. The molecule has 0 aromatic heterocycles. The van der Waals surface area contributed by atoms with E-state index in [1.165, 1.54) is 30.3 Å². The number of halogens is 2. The smallest absolute Gasteiger partial charge is 0.207 e. The van der Waals surface area contributed by atoms with E-state index in [1.54, 1.807) is 6.07 Å². The van der Waals surface area contributed by atoms with Crippen LogP contribution in [0.5, 0.6) is 0 Å². The molecule has 0 amide bonds. The number of hydrogen-bond acceptors (Lipinski definition) is 2. The predicted octanol–water partition coefficient (Wildman–Crippen LogP) is 2.91. The van der Waals surface area contributed by atoms with Crippen molar-refractivity contribution in [2.24, 2.45) is 0 Å². The maximum atomic E-state index is 13.2. The van der Waals surface area contributed by atoms with Crippen LogP contribution in [0.1, 0.15) is 0 Å². The molecule has 0 spiro atoms. The molecule has 2 nitrogen and oxygen atoms in total. The first kappa shape index (κ1) is 10.4. The van der Waals surface area contributed by atoms with Crippen LogP contribution in [-0.2, 0) is 9.05 Å². The normalized spacial score (nSPS) is 11.9. The Morgan fingerprint density at radius 2 is 1.87 bits per heavy atom. The lowest BCUT2D eigenvalue weighted by molar-refractivity contribution is 0.609. The highest BCUT2D eigenvalue weighted by atomic mass is 35.7. The fourth-order valence-electron chi connectivity index (χ4n) is 1.37. The summed E-state index contributed by atoms with van der Waals surface area (Å²) >= 11 is 0. The SMILES string of the molecule is O=S(=O)(Cl)c1ccc2c(F)cccc2c1. The van der Waals surface area contributed by atoms with E-state index in [0.29, 0.717) is 10.8 Å². The molecule has 0 aliphatic heterocycles. The van der Waals surface area contributed by atoms with E-state index in [-0.39, 0.29) is 10.7 Å². The molecule has 0 saturated carbocycles. The minimum atomic E-state index is -3.76. The number of hydrogen-bond donors (Lipinski definition) is 0.